The average Bonchev–Trinajstić information content (AvgIpc) is 2.53. The van der Waals surface area contributed by atoms with E-state index >= 15 is 0 Å². The van der Waals surface area contributed by atoms with Crippen LogP contribution in [-0.2, 0) is 6.54 Å². The Morgan fingerprint density at radius 1 is 1.10 bits per heavy atom. The molecule has 110 valence electrons. The Morgan fingerprint density at radius 3 is 2.29 bits per heavy atom. The maximum absolute atomic E-state index is 12.9. The van der Waals surface area contributed by atoms with Crippen molar-refractivity contribution in [1.29, 1.82) is 0 Å². The Bertz CT molecular complexity index is 580. The second-order valence-electron chi connectivity index (χ2n) is 5.10. The first-order valence-corrected chi connectivity index (χ1v) is 7.19. The number of hydrogen-bond donors (Lipinski definition) is 0. The van der Waals surface area contributed by atoms with E-state index in [1.54, 1.807) is 12.1 Å². The van der Waals surface area contributed by atoms with E-state index in [1.165, 1.54) is 17.7 Å². The Labute approximate surface area is 125 Å². The second kappa shape index (κ2) is 7.14. The van der Waals surface area contributed by atoms with Crippen molar-refractivity contribution in [3.8, 4) is 0 Å². The van der Waals surface area contributed by atoms with E-state index in [0.29, 0.717) is 5.56 Å². The molecule has 0 heterocycles. The Kier molecular flexibility index (Phi) is 5.23. The fraction of sp³-hybridized carbons (Fsp3) is 0.278. The molecular weight excluding hydrogens is 265 g/mol. The highest BCUT2D eigenvalue weighted by molar-refractivity contribution is 5.99. The molecule has 0 aromatic heterocycles. The molecule has 0 aliphatic carbocycles. The van der Waals surface area contributed by atoms with Gasteiger partial charge in [0.25, 0.3) is 0 Å². The highest BCUT2D eigenvalue weighted by atomic mass is 19.1. The maximum atomic E-state index is 12.9. The van der Waals surface area contributed by atoms with Crippen LogP contribution in [0, 0.1) is 5.82 Å². The lowest BCUT2D eigenvalue weighted by Gasteiger charge is -2.27. The van der Waals surface area contributed by atoms with Crippen LogP contribution in [0.15, 0.2) is 54.6 Å². The van der Waals surface area contributed by atoms with Crippen LogP contribution in [-0.4, -0.2) is 23.3 Å². The monoisotopic (exact) mass is 285 g/mol. The quantitative estimate of drug-likeness (QED) is 0.750. The fourth-order valence-corrected chi connectivity index (χ4v) is 2.36. The van der Waals surface area contributed by atoms with Gasteiger partial charge in [0.05, 0.1) is 6.04 Å². The van der Waals surface area contributed by atoms with Crippen LogP contribution in [0.4, 0.5) is 4.39 Å². The first-order chi connectivity index (χ1) is 10.1. The van der Waals surface area contributed by atoms with Gasteiger partial charge in [-0.15, -0.1) is 0 Å². The highest BCUT2D eigenvalue weighted by Gasteiger charge is 2.21. The molecule has 2 aromatic carbocycles. The molecule has 0 amide bonds. The first kappa shape index (κ1) is 15.4. The number of benzene rings is 2. The summed E-state index contributed by atoms with van der Waals surface area (Å²) >= 11 is 0. The highest BCUT2D eigenvalue weighted by Crippen LogP contribution is 2.13. The molecule has 21 heavy (non-hydrogen) atoms. The minimum atomic E-state index is -0.323. The van der Waals surface area contributed by atoms with Crippen molar-refractivity contribution < 1.29 is 9.18 Å². The lowest BCUT2D eigenvalue weighted by atomic mass is 10.0. The number of Topliss-reactive ketones (excluding diaryl/α,β-unsaturated/α-hetero) is 1. The summed E-state index contributed by atoms with van der Waals surface area (Å²) in [6.45, 7) is 5.45. The molecule has 1 unspecified atom stereocenters. The van der Waals surface area contributed by atoms with Gasteiger partial charge < -0.3 is 0 Å². The average molecular weight is 285 g/mol. The van der Waals surface area contributed by atoms with Gasteiger partial charge in [-0.25, -0.2) is 4.39 Å². The van der Waals surface area contributed by atoms with Crippen LogP contribution in [0.1, 0.15) is 29.8 Å². The number of carbonyl (C=O) groups excluding carboxylic acids is 1. The van der Waals surface area contributed by atoms with E-state index in [4.69, 9.17) is 0 Å². The largest absolute Gasteiger partial charge is 0.292 e. The van der Waals surface area contributed by atoms with Gasteiger partial charge in [0.2, 0.25) is 0 Å². The molecule has 0 aliphatic rings. The van der Waals surface area contributed by atoms with Crippen LogP contribution in [0.2, 0.25) is 0 Å². The summed E-state index contributed by atoms with van der Waals surface area (Å²) in [5.74, 6) is -0.302. The van der Waals surface area contributed by atoms with Gasteiger partial charge >= 0.3 is 0 Å². The molecule has 0 aliphatic heterocycles. The lowest BCUT2D eigenvalue weighted by molar-refractivity contribution is 0.0835. The predicted octanol–water partition coefficient (Wildman–Crippen LogP) is 3.92. The number of carbonyl (C=O) groups is 1. The van der Waals surface area contributed by atoms with Gasteiger partial charge in [-0.1, -0.05) is 37.3 Å². The molecule has 3 heteroatoms. The molecule has 0 radical (unpaired) electrons. The molecular formula is C18H20FNO. The van der Waals surface area contributed by atoms with Crippen molar-refractivity contribution >= 4 is 5.78 Å². The molecule has 1 atom stereocenters. The predicted molar refractivity (Wildman–Crippen MR) is 82.7 cm³/mol. The van der Waals surface area contributed by atoms with E-state index in [-0.39, 0.29) is 17.6 Å². The molecule has 2 rings (SSSR count). The van der Waals surface area contributed by atoms with Crippen molar-refractivity contribution in [2.75, 3.05) is 6.54 Å². The summed E-state index contributed by atoms with van der Waals surface area (Å²) in [4.78, 5) is 14.6. The van der Waals surface area contributed by atoms with E-state index in [1.807, 2.05) is 32.0 Å². The SMILES string of the molecule is CCN(Cc1ccccc1)C(C)C(=O)c1ccc(F)cc1. The normalized spacial score (nSPS) is 12.4. The molecule has 2 aromatic rings. The Balaban J connectivity index is 2.10. The number of rotatable bonds is 6. The third kappa shape index (κ3) is 3.99. The van der Waals surface area contributed by atoms with Crippen LogP contribution < -0.4 is 0 Å². The number of likely N-dealkylation sites (N-methyl/N-ethyl adjacent to an activating group) is 1. The molecule has 0 bridgehead atoms. The number of nitrogens with zero attached hydrogens (tertiary/aromatic N) is 1. The fourth-order valence-electron chi connectivity index (χ4n) is 2.36. The summed E-state index contributed by atoms with van der Waals surface area (Å²) < 4.78 is 12.9. The first-order valence-electron chi connectivity index (χ1n) is 7.19. The number of halogens is 1. The van der Waals surface area contributed by atoms with Gasteiger partial charge in [-0.05, 0) is 43.3 Å². The standard InChI is InChI=1S/C18H20FNO/c1-3-20(13-15-7-5-4-6-8-15)14(2)18(21)16-9-11-17(19)12-10-16/h4-12,14H,3,13H2,1-2H3. The van der Waals surface area contributed by atoms with Gasteiger partial charge in [0.15, 0.2) is 5.78 Å². The van der Waals surface area contributed by atoms with Crippen molar-refractivity contribution in [3.05, 3.63) is 71.5 Å². The summed E-state index contributed by atoms with van der Waals surface area (Å²) in [6, 6.07) is 15.6. The van der Waals surface area contributed by atoms with Crippen LogP contribution in [0.25, 0.3) is 0 Å². The topological polar surface area (TPSA) is 20.3 Å². The summed E-state index contributed by atoms with van der Waals surface area (Å²) in [6.07, 6.45) is 0. The number of ketones is 1. The molecule has 0 saturated carbocycles. The van der Waals surface area contributed by atoms with E-state index in [9.17, 15) is 9.18 Å². The van der Waals surface area contributed by atoms with Gasteiger partial charge in [-0.3, -0.25) is 9.69 Å². The van der Waals surface area contributed by atoms with Crippen molar-refractivity contribution in [2.45, 2.75) is 26.4 Å². The maximum Gasteiger partial charge on any atom is 0.179 e. The van der Waals surface area contributed by atoms with E-state index in [0.717, 1.165) is 13.1 Å². The van der Waals surface area contributed by atoms with Crippen LogP contribution in [0.3, 0.4) is 0 Å². The molecule has 0 N–H and O–H groups in total. The zero-order valence-corrected chi connectivity index (χ0v) is 12.4. The molecule has 2 nitrogen and oxygen atoms in total. The van der Waals surface area contributed by atoms with Crippen molar-refractivity contribution in [3.63, 3.8) is 0 Å². The minimum Gasteiger partial charge on any atom is -0.292 e. The summed E-state index contributed by atoms with van der Waals surface area (Å²) in [5, 5.41) is 0. The van der Waals surface area contributed by atoms with Gasteiger partial charge in [0.1, 0.15) is 5.82 Å². The summed E-state index contributed by atoms with van der Waals surface area (Å²) in [5.41, 5.74) is 1.73. The molecule has 0 saturated heterocycles. The third-order valence-electron chi connectivity index (χ3n) is 3.69. The summed E-state index contributed by atoms with van der Waals surface area (Å²) in [7, 11) is 0. The molecule has 0 spiro atoms. The van der Waals surface area contributed by atoms with Gasteiger partial charge in [-0.2, -0.15) is 0 Å². The lowest BCUT2D eigenvalue weighted by Crippen LogP contribution is -2.38. The zero-order chi connectivity index (χ0) is 15.2. The van der Waals surface area contributed by atoms with Gasteiger partial charge in [0, 0.05) is 12.1 Å². The zero-order valence-electron chi connectivity index (χ0n) is 12.4. The minimum absolute atomic E-state index is 0.0211. The smallest absolute Gasteiger partial charge is 0.179 e. The Morgan fingerprint density at radius 2 is 1.71 bits per heavy atom. The van der Waals surface area contributed by atoms with Crippen molar-refractivity contribution in [2.24, 2.45) is 0 Å². The van der Waals surface area contributed by atoms with Crippen LogP contribution >= 0.6 is 0 Å². The second-order valence-corrected chi connectivity index (χ2v) is 5.10. The molecule has 0 fully saturated rings. The van der Waals surface area contributed by atoms with Crippen LogP contribution in [0.5, 0.6) is 0 Å². The van der Waals surface area contributed by atoms with E-state index in [2.05, 4.69) is 17.0 Å². The van der Waals surface area contributed by atoms with E-state index < -0.39 is 0 Å². The number of hydrogen-bond acceptors (Lipinski definition) is 2. The van der Waals surface area contributed by atoms with Crippen molar-refractivity contribution in [1.82, 2.24) is 4.90 Å². The third-order valence-corrected chi connectivity index (χ3v) is 3.69. The Hall–Kier alpha value is -2.00.